The zero-order valence-corrected chi connectivity index (χ0v) is 29.3. The van der Waals surface area contributed by atoms with Gasteiger partial charge in [-0.2, -0.15) is 0 Å². The van der Waals surface area contributed by atoms with Crippen molar-refractivity contribution in [1.82, 2.24) is 14.5 Å². The molecule has 0 fully saturated rings. The van der Waals surface area contributed by atoms with Crippen LogP contribution in [0.15, 0.2) is 165 Å². The van der Waals surface area contributed by atoms with Crippen molar-refractivity contribution >= 4 is 33.1 Å². The molecule has 0 saturated carbocycles. The van der Waals surface area contributed by atoms with Crippen LogP contribution >= 0.6 is 0 Å². The highest BCUT2D eigenvalue weighted by atomic mass is 15.0. The molecule has 0 N–H and O–H groups in total. The number of allylic oxidation sites excluding steroid dienone is 7. The third-order valence-corrected chi connectivity index (χ3v) is 10.3. The van der Waals surface area contributed by atoms with Crippen molar-refractivity contribution in [3.63, 3.8) is 0 Å². The summed E-state index contributed by atoms with van der Waals surface area (Å²) in [4.78, 5) is 10.1. The highest BCUT2D eigenvalue weighted by Gasteiger charge is 2.36. The standard InChI is InChI=1S/C48H39N3/c1-7-17-36(10-4)51-45-25-24-34(27-39(45)40-28-38-37-22-14-15-23-41(37)48(5,6)42(38)29-46(40)51)33-20-16-21-35(26-33)47-49-43(31(8-2)9-3)30-44(50-47)32-18-12-11-13-19-32/h7-30H,1-2,4H2,3,5-6H3. The third-order valence-electron chi connectivity index (χ3n) is 10.3. The summed E-state index contributed by atoms with van der Waals surface area (Å²) >= 11 is 0. The first-order valence-electron chi connectivity index (χ1n) is 17.4. The van der Waals surface area contributed by atoms with Crippen molar-refractivity contribution in [1.29, 1.82) is 0 Å². The van der Waals surface area contributed by atoms with Crippen LogP contribution in [0.1, 0.15) is 37.6 Å². The van der Waals surface area contributed by atoms with E-state index < -0.39 is 0 Å². The summed E-state index contributed by atoms with van der Waals surface area (Å²) in [7, 11) is 0. The molecule has 0 bridgehead atoms. The Morgan fingerprint density at radius 3 is 2.12 bits per heavy atom. The first-order chi connectivity index (χ1) is 24.9. The van der Waals surface area contributed by atoms with Gasteiger partial charge in [0, 0.05) is 33.0 Å². The summed E-state index contributed by atoms with van der Waals surface area (Å²) in [6.45, 7) is 18.9. The zero-order chi connectivity index (χ0) is 35.3. The molecule has 0 atom stereocenters. The summed E-state index contributed by atoms with van der Waals surface area (Å²) in [6.07, 6.45) is 9.65. The molecule has 0 radical (unpaired) electrons. The van der Waals surface area contributed by atoms with Gasteiger partial charge >= 0.3 is 0 Å². The molecule has 8 rings (SSSR count). The molecule has 3 nitrogen and oxygen atoms in total. The van der Waals surface area contributed by atoms with Crippen molar-refractivity contribution in [2.75, 3.05) is 0 Å². The molecule has 0 aliphatic heterocycles. The van der Waals surface area contributed by atoms with E-state index >= 15 is 0 Å². The van der Waals surface area contributed by atoms with Crippen molar-refractivity contribution in [2.24, 2.45) is 0 Å². The van der Waals surface area contributed by atoms with Crippen LogP contribution in [-0.4, -0.2) is 14.5 Å². The first-order valence-corrected chi connectivity index (χ1v) is 17.4. The second-order valence-electron chi connectivity index (χ2n) is 13.5. The van der Waals surface area contributed by atoms with Gasteiger partial charge in [-0.05, 0) is 94.4 Å². The van der Waals surface area contributed by atoms with Gasteiger partial charge in [-0.15, -0.1) is 0 Å². The van der Waals surface area contributed by atoms with Crippen LogP contribution in [0.25, 0.3) is 78.0 Å². The van der Waals surface area contributed by atoms with E-state index in [1.54, 1.807) is 0 Å². The second kappa shape index (κ2) is 12.5. The van der Waals surface area contributed by atoms with E-state index in [4.69, 9.17) is 9.97 Å². The predicted molar refractivity (Wildman–Crippen MR) is 217 cm³/mol. The molecule has 1 aliphatic rings. The van der Waals surface area contributed by atoms with Crippen molar-refractivity contribution in [2.45, 2.75) is 26.2 Å². The Hall–Kier alpha value is -6.32. The van der Waals surface area contributed by atoms with Crippen LogP contribution in [-0.2, 0) is 5.41 Å². The molecule has 7 aromatic rings. The van der Waals surface area contributed by atoms with Gasteiger partial charge in [-0.25, -0.2) is 9.97 Å². The quantitative estimate of drug-likeness (QED) is 0.152. The molecule has 0 amide bonds. The van der Waals surface area contributed by atoms with Gasteiger partial charge in [0.05, 0.1) is 22.4 Å². The number of rotatable bonds is 8. The van der Waals surface area contributed by atoms with Crippen molar-refractivity contribution in [3.05, 3.63) is 182 Å². The molecule has 246 valence electrons. The molecule has 1 aliphatic carbocycles. The Morgan fingerprint density at radius 1 is 0.627 bits per heavy atom. The van der Waals surface area contributed by atoms with Gasteiger partial charge in [-0.1, -0.05) is 131 Å². The maximum Gasteiger partial charge on any atom is 0.160 e. The van der Waals surface area contributed by atoms with Crippen molar-refractivity contribution < 1.29 is 0 Å². The molecule has 0 saturated heterocycles. The van der Waals surface area contributed by atoms with E-state index in [2.05, 4.69) is 129 Å². The second-order valence-corrected chi connectivity index (χ2v) is 13.5. The summed E-state index contributed by atoms with van der Waals surface area (Å²) in [5.41, 5.74) is 15.4. The van der Waals surface area contributed by atoms with Gasteiger partial charge in [0.25, 0.3) is 0 Å². The molecular weight excluding hydrogens is 619 g/mol. The van der Waals surface area contributed by atoms with E-state index in [1.165, 1.54) is 33.0 Å². The van der Waals surface area contributed by atoms with Crippen LogP contribution in [0, 0.1) is 0 Å². The lowest BCUT2D eigenvalue weighted by atomic mass is 9.82. The maximum absolute atomic E-state index is 5.06. The molecule has 5 aromatic carbocycles. The average molecular weight is 658 g/mol. The number of nitrogens with zero attached hydrogens (tertiary/aromatic N) is 3. The Labute approximate surface area is 300 Å². The van der Waals surface area contributed by atoms with E-state index in [0.717, 1.165) is 55.9 Å². The summed E-state index contributed by atoms with van der Waals surface area (Å²) in [5, 5.41) is 2.39. The van der Waals surface area contributed by atoms with Gasteiger partial charge in [-0.3, -0.25) is 0 Å². The zero-order valence-electron chi connectivity index (χ0n) is 29.3. The van der Waals surface area contributed by atoms with Crippen LogP contribution in [0.4, 0.5) is 0 Å². The number of aromatic nitrogens is 3. The number of fused-ring (bicyclic) bond motifs is 6. The lowest BCUT2D eigenvalue weighted by Gasteiger charge is -2.21. The highest BCUT2D eigenvalue weighted by Crippen LogP contribution is 2.51. The molecule has 2 heterocycles. The fraction of sp³-hybridized carbons (Fsp3) is 0.0833. The summed E-state index contributed by atoms with van der Waals surface area (Å²) in [6, 6.07) is 41.2. The smallest absolute Gasteiger partial charge is 0.160 e. The fourth-order valence-corrected chi connectivity index (χ4v) is 7.72. The minimum atomic E-state index is -0.109. The topological polar surface area (TPSA) is 30.7 Å². The van der Waals surface area contributed by atoms with E-state index in [9.17, 15) is 0 Å². The molecule has 51 heavy (non-hydrogen) atoms. The average Bonchev–Trinajstić information content (AvgIpc) is 3.61. The lowest BCUT2D eigenvalue weighted by molar-refractivity contribution is 0.661. The highest BCUT2D eigenvalue weighted by molar-refractivity contribution is 6.13. The van der Waals surface area contributed by atoms with Gasteiger partial charge in [0.15, 0.2) is 5.82 Å². The Balaban J connectivity index is 1.32. The molecule has 0 spiro atoms. The molecular formula is C48H39N3. The lowest BCUT2D eigenvalue weighted by Crippen LogP contribution is -2.15. The molecule has 2 aromatic heterocycles. The van der Waals surface area contributed by atoms with Crippen LogP contribution in [0.5, 0.6) is 0 Å². The van der Waals surface area contributed by atoms with Crippen molar-refractivity contribution in [3.8, 4) is 44.9 Å². The van der Waals surface area contributed by atoms with Gasteiger partial charge in [0.2, 0.25) is 0 Å². The molecule has 0 unspecified atom stereocenters. The number of hydrogen-bond acceptors (Lipinski definition) is 2. The van der Waals surface area contributed by atoms with E-state index in [0.29, 0.717) is 5.82 Å². The van der Waals surface area contributed by atoms with Gasteiger partial charge in [0.1, 0.15) is 0 Å². The maximum atomic E-state index is 5.06. The monoisotopic (exact) mass is 657 g/mol. The minimum Gasteiger partial charge on any atom is -0.309 e. The molecule has 3 heteroatoms. The largest absolute Gasteiger partial charge is 0.309 e. The number of benzene rings is 5. The van der Waals surface area contributed by atoms with Crippen LogP contribution in [0.2, 0.25) is 0 Å². The Morgan fingerprint density at radius 2 is 1.35 bits per heavy atom. The fourth-order valence-electron chi connectivity index (χ4n) is 7.72. The number of hydrogen-bond donors (Lipinski definition) is 0. The first kappa shape index (κ1) is 31.9. The Kier molecular flexibility index (Phi) is 7.84. The van der Waals surface area contributed by atoms with Gasteiger partial charge < -0.3 is 4.57 Å². The van der Waals surface area contributed by atoms with Crippen LogP contribution < -0.4 is 0 Å². The van der Waals surface area contributed by atoms with E-state index in [1.807, 2.05) is 61.6 Å². The Bertz CT molecular complexity index is 2610. The summed E-state index contributed by atoms with van der Waals surface area (Å²) in [5.74, 6) is 0.675. The minimum absolute atomic E-state index is 0.109. The van der Waals surface area contributed by atoms with Crippen LogP contribution in [0.3, 0.4) is 0 Å². The third kappa shape index (κ3) is 5.21. The normalized spacial score (nSPS) is 13.6. The predicted octanol–water partition coefficient (Wildman–Crippen LogP) is 12.7. The van der Waals surface area contributed by atoms with E-state index in [-0.39, 0.29) is 5.41 Å². The summed E-state index contributed by atoms with van der Waals surface area (Å²) < 4.78 is 2.32. The SMILES string of the molecule is C=CC=C(C=C)n1c2ccc(-c3cccc(-c4nc(C(C=C)=CC)cc(-c5ccccc5)n4)c3)cc2c2cc3c(cc21)C(C)(C)c1ccccc1-3.